The van der Waals surface area contributed by atoms with E-state index in [1.165, 1.54) is 27.1 Å². The molecule has 0 saturated heterocycles. The van der Waals surface area contributed by atoms with Crippen molar-refractivity contribution >= 4 is 129 Å². The molecule has 0 radical (unpaired) electrons. The molecule has 7 aromatic heterocycles. The average Bonchev–Trinajstić information content (AvgIpc) is 1.54. The van der Waals surface area contributed by atoms with Crippen LogP contribution in [0.1, 0.15) is 170 Å². The highest BCUT2D eigenvalue weighted by Crippen LogP contribution is 2.37. The van der Waals surface area contributed by atoms with Crippen LogP contribution in [0.3, 0.4) is 0 Å². The molecule has 4 N–H and O–H groups in total. The number of benzene rings is 8. The summed E-state index contributed by atoms with van der Waals surface area (Å²) in [6.45, 7) is 45.6. The maximum absolute atomic E-state index is 10.8. The Morgan fingerprint density at radius 1 is 0.380 bits per heavy atom. The molecule has 0 amide bonds. The second kappa shape index (κ2) is 61.7. The zero-order chi connectivity index (χ0) is 81.9. The molecule has 11 nitrogen and oxygen atoms in total. The minimum absolute atomic E-state index is 0.0903. The van der Waals surface area contributed by atoms with E-state index < -0.39 is 7.12 Å². The van der Waals surface area contributed by atoms with Gasteiger partial charge in [0.25, 0.3) is 0 Å². The number of imidazole rings is 3. The Balaban J connectivity index is 0. The van der Waals surface area contributed by atoms with Gasteiger partial charge < -0.3 is 24.6 Å². The van der Waals surface area contributed by atoms with Crippen LogP contribution in [0.5, 0.6) is 0 Å². The number of rotatable bonds is 5. The number of aromatic nitrogens is 7. The van der Waals surface area contributed by atoms with Gasteiger partial charge in [-0.3, -0.25) is 9.20 Å². The summed E-state index contributed by atoms with van der Waals surface area (Å²) in [5, 5.41) is 23.5. The number of ketones is 1. The number of halogens is 4. The van der Waals surface area contributed by atoms with Gasteiger partial charge in [-0.15, -0.1) is 0 Å². The number of carbonyl (C=O) groups excluding carboxylic acids is 1. The van der Waals surface area contributed by atoms with Gasteiger partial charge in [0.05, 0.1) is 22.4 Å². The van der Waals surface area contributed by atoms with E-state index in [4.69, 9.17) is 49.0 Å². The van der Waals surface area contributed by atoms with Crippen molar-refractivity contribution in [3.63, 3.8) is 0 Å². The Morgan fingerprint density at radius 3 is 1.19 bits per heavy atom. The second-order valence-electron chi connectivity index (χ2n) is 19.2. The van der Waals surface area contributed by atoms with E-state index in [0.717, 1.165) is 75.6 Å². The lowest BCUT2D eigenvalue weighted by atomic mass is 9.80. The molecular weight excluding hydrogens is 1510 g/mol. The molecule has 0 atom stereocenters. The quantitative estimate of drug-likeness (QED) is 0.0876. The molecule has 15 aromatic rings. The standard InChI is InChI=1S/C19H13ClN2.C19H12N2.C13H9BrN2.C8H7BrO.C6H6BClO2.C5H6N2.11C2H6/c20-17-10-4-3-8-15(17)14-7-1-2-9-16(14)18-13-22-12-6-5-11-19(22)21-18;1-3-9-15-13(7-1)14-8-2-4-10-16(14)19-18(15)20-17-11-5-6-12-21(17)19;14-11-6-2-1-5-10(11)12-9-16-8-4-3-7-13(16)15-12;1-6(10)7-4-2-3-5-8(7)9;8-6-4-2-1-3-5(6)7(9)10;6-5-3-1-2-4-7-5;11*1-2/h1-13H;1-12H;1-9H;2-5H,1H3;1-4,9-10H;1-4H,(H2,6,7);11*1-2H3. The van der Waals surface area contributed by atoms with Crippen molar-refractivity contribution in [2.24, 2.45) is 0 Å². The molecule has 576 valence electrons. The van der Waals surface area contributed by atoms with Gasteiger partial charge in [0.2, 0.25) is 0 Å². The number of nitrogen functional groups attached to an aromatic ring is 1. The highest BCUT2D eigenvalue weighted by Gasteiger charge is 2.16. The predicted octanol–water partition coefficient (Wildman–Crippen LogP) is 28.5. The molecule has 0 unspecified atom stereocenters. The first-order valence-electron chi connectivity index (χ1n) is 38.1. The van der Waals surface area contributed by atoms with Crippen LogP contribution in [0, 0.1) is 0 Å². The van der Waals surface area contributed by atoms with E-state index in [9.17, 15) is 4.79 Å². The monoisotopic (exact) mass is 1620 g/mol. The van der Waals surface area contributed by atoms with Crippen molar-refractivity contribution in [3.8, 4) is 33.6 Å². The van der Waals surface area contributed by atoms with Crippen LogP contribution in [0.25, 0.3) is 83.2 Å². The molecule has 8 aromatic carbocycles. The molecule has 15 rings (SSSR count). The molecule has 0 fully saturated rings. The van der Waals surface area contributed by atoms with E-state index in [1.807, 2.05) is 313 Å². The normalized spacial score (nSPS) is 9.05. The van der Waals surface area contributed by atoms with Gasteiger partial charge in [-0.2, -0.15) is 0 Å². The fraction of sp³-hybridized carbons (Fsp3) is 0.250. The second-order valence-corrected chi connectivity index (χ2v) is 21.7. The highest BCUT2D eigenvalue weighted by molar-refractivity contribution is 9.11. The minimum atomic E-state index is -1.48. The number of anilines is 1. The van der Waals surface area contributed by atoms with E-state index >= 15 is 0 Å². The topological polar surface area (TPSA) is 148 Å². The summed E-state index contributed by atoms with van der Waals surface area (Å²) in [4.78, 5) is 28.7. The van der Waals surface area contributed by atoms with Crippen molar-refractivity contribution in [2.75, 3.05) is 5.73 Å². The molecule has 0 bridgehead atoms. The summed E-state index contributed by atoms with van der Waals surface area (Å²) in [6, 6.07) is 78.9. The van der Waals surface area contributed by atoms with Gasteiger partial charge in [0, 0.05) is 94.7 Å². The summed E-state index contributed by atoms with van der Waals surface area (Å²) in [7, 11) is -1.48. The Bertz CT molecular complexity index is 4730. The van der Waals surface area contributed by atoms with Crippen molar-refractivity contribution in [1.29, 1.82) is 0 Å². The molecule has 0 aliphatic heterocycles. The van der Waals surface area contributed by atoms with Crippen molar-refractivity contribution in [1.82, 2.24) is 33.1 Å². The van der Waals surface area contributed by atoms with Gasteiger partial charge in [0.15, 0.2) is 5.78 Å². The minimum Gasteiger partial charge on any atom is -0.423 e. The molecule has 0 spiro atoms. The summed E-state index contributed by atoms with van der Waals surface area (Å²) in [6.07, 6.45) is 11.8. The molecule has 7 heterocycles. The molecule has 0 saturated carbocycles. The number of nitrogens with zero attached hydrogens (tertiary/aromatic N) is 7. The van der Waals surface area contributed by atoms with Crippen LogP contribution in [0.15, 0.2) is 289 Å². The van der Waals surface area contributed by atoms with Crippen LogP contribution < -0.4 is 11.2 Å². The first-order chi connectivity index (χ1) is 52.9. The Labute approximate surface area is 674 Å². The molecule has 108 heavy (non-hydrogen) atoms. The van der Waals surface area contributed by atoms with Crippen molar-refractivity contribution in [3.05, 3.63) is 304 Å². The lowest BCUT2D eigenvalue weighted by Gasteiger charge is -2.09. The summed E-state index contributed by atoms with van der Waals surface area (Å²) in [5.74, 6) is 0.662. The smallest absolute Gasteiger partial charge is 0.423 e. The van der Waals surface area contributed by atoms with E-state index in [2.05, 4.69) is 131 Å². The number of hydrogen-bond acceptors (Lipinski definition) is 8. The lowest BCUT2D eigenvalue weighted by Crippen LogP contribution is -2.30. The number of fused-ring (bicyclic) bond motifs is 10. The number of nitrogens with two attached hydrogens (primary N) is 1. The fourth-order valence-corrected chi connectivity index (χ4v) is 11.0. The maximum atomic E-state index is 10.8. The summed E-state index contributed by atoms with van der Waals surface area (Å²) >= 11 is 18.8. The molecule has 0 aliphatic carbocycles. The highest BCUT2D eigenvalue weighted by atomic mass is 79.9. The van der Waals surface area contributed by atoms with Crippen LogP contribution in [0.2, 0.25) is 10.0 Å². The summed E-state index contributed by atoms with van der Waals surface area (Å²) in [5.41, 5.74) is 17.7. The SMILES string of the molecule is Brc1ccccc1-c1cn2ccccc2n1.CC.CC.CC.CC.CC.CC.CC.CC.CC.CC.CC.CC(=O)c1ccccc1Br.Clc1ccccc1-c1ccccc1-c1cn2ccccc2n1.Nc1ccccn1.OB(O)c1ccccc1Cl.c1ccc2c(c1)c1ccccc1c1c2nc2ccccn21. The van der Waals surface area contributed by atoms with Gasteiger partial charge in [0.1, 0.15) is 22.8 Å². The van der Waals surface area contributed by atoms with Crippen LogP contribution >= 0.6 is 55.1 Å². The molecular formula is C92H119BBr2Cl2N8O3. The molecule has 0 aliphatic rings. The Hall–Kier alpha value is -9.25. The Morgan fingerprint density at radius 2 is 0.759 bits per heavy atom. The van der Waals surface area contributed by atoms with Gasteiger partial charge in [-0.1, -0.05) is 377 Å². The largest absolute Gasteiger partial charge is 0.489 e. The van der Waals surface area contributed by atoms with E-state index in [0.29, 0.717) is 16.3 Å². The van der Waals surface area contributed by atoms with Crippen LogP contribution in [-0.4, -0.2) is 56.1 Å². The van der Waals surface area contributed by atoms with Crippen molar-refractivity contribution in [2.45, 2.75) is 159 Å². The predicted molar refractivity (Wildman–Crippen MR) is 486 cm³/mol. The third kappa shape index (κ3) is 31.2. The zero-order valence-corrected chi connectivity index (χ0v) is 72.8. The average molecular weight is 1630 g/mol. The van der Waals surface area contributed by atoms with Crippen molar-refractivity contribution < 1.29 is 14.8 Å². The third-order valence-corrected chi connectivity index (χ3v) is 15.6. The number of carbonyl (C=O) groups is 1. The van der Waals surface area contributed by atoms with Gasteiger partial charge in [-0.05, 0) is 96.1 Å². The Kier molecular flexibility index (Phi) is 57.6. The number of pyridine rings is 4. The number of hydrogen-bond donors (Lipinski definition) is 3. The van der Waals surface area contributed by atoms with Gasteiger partial charge >= 0.3 is 7.12 Å². The van der Waals surface area contributed by atoms with E-state index in [-0.39, 0.29) is 5.78 Å². The lowest BCUT2D eigenvalue weighted by molar-refractivity contribution is 0.101. The fourth-order valence-electron chi connectivity index (χ4n) is 9.52. The summed E-state index contributed by atoms with van der Waals surface area (Å²) < 4.78 is 8.17. The molecule has 16 heteroatoms. The van der Waals surface area contributed by atoms with Crippen LogP contribution in [-0.2, 0) is 0 Å². The first kappa shape index (κ1) is 101. The zero-order valence-electron chi connectivity index (χ0n) is 68.2. The number of Topliss-reactive ketones (excluding diaryl/α,β-unsaturated/α-hetero) is 1. The first-order valence-corrected chi connectivity index (χ1v) is 40.4. The van der Waals surface area contributed by atoms with Gasteiger partial charge in [-0.25, -0.2) is 19.9 Å². The van der Waals surface area contributed by atoms with E-state index in [1.54, 1.807) is 49.5 Å². The third-order valence-electron chi connectivity index (χ3n) is 13.6. The maximum Gasteiger partial charge on any atom is 0.489 e. The van der Waals surface area contributed by atoms with Crippen LogP contribution in [0.4, 0.5) is 5.82 Å².